The average Bonchev–Trinajstić information content (AvgIpc) is 2.64. The Labute approximate surface area is 78.7 Å². The van der Waals surface area contributed by atoms with Crippen molar-refractivity contribution in [2.45, 2.75) is 51.9 Å². The lowest BCUT2D eigenvalue weighted by atomic mass is 9.72. The van der Waals surface area contributed by atoms with Crippen LogP contribution in [0.25, 0.3) is 0 Å². The Morgan fingerprint density at radius 1 is 1.15 bits per heavy atom. The van der Waals surface area contributed by atoms with E-state index in [4.69, 9.17) is 0 Å². The number of hydrogen-bond donors (Lipinski definition) is 0. The highest BCUT2D eigenvalue weighted by Gasteiger charge is 2.55. The minimum atomic E-state index is -2.37. The molecule has 0 saturated heterocycles. The summed E-state index contributed by atoms with van der Waals surface area (Å²) in [6, 6.07) is 0. The summed E-state index contributed by atoms with van der Waals surface area (Å²) in [7, 11) is 0. The molecule has 1 spiro atoms. The van der Waals surface area contributed by atoms with Crippen LogP contribution in [-0.4, -0.2) is 5.92 Å². The van der Waals surface area contributed by atoms with Crippen molar-refractivity contribution in [2.24, 2.45) is 17.3 Å². The van der Waals surface area contributed by atoms with E-state index in [1.165, 1.54) is 0 Å². The second kappa shape index (κ2) is 2.68. The van der Waals surface area contributed by atoms with E-state index in [2.05, 4.69) is 13.8 Å². The van der Waals surface area contributed by atoms with Gasteiger partial charge in [0.1, 0.15) is 0 Å². The maximum absolute atomic E-state index is 13.4. The Balaban J connectivity index is 2.08. The third-order valence-corrected chi connectivity index (χ3v) is 3.79. The molecule has 0 unspecified atom stereocenters. The monoisotopic (exact) mass is 188 g/mol. The van der Waals surface area contributed by atoms with E-state index in [1.807, 2.05) is 0 Å². The summed E-state index contributed by atoms with van der Waals surface area (Å²) in [6.45, 7) is 4.14. The van der Waals surface area contributed by atoms with Gasteiger partial charge in [0, 0.05) is 12.8 Å². The molecule has 0 amide bonds. The quantitative estimate of drug-likeness (QED) is 0.586. The van der Waals surface area contributed by atoms with Crippen LogP contribution in [0, 0.1) is 17.3 Å². The van der Waals surface area contributed by atoms with E-state index in [-0.39, 0.29) is 24.2 Å². The molecule has 0 aromatic rings. The highest BCUT2D eigenvalue weighted by atomic mass is 19.3. The third kappa shape index (κ3) is 1.87. The van der Waals surface area contributed by atoms with Gasteiger partial charge in [-0.15, -0.1) is 0 Å². The van der Waals surface area contributed by atoms with E-state index in [0.29, 0.717) is 5.92 Å². The Morgan fingerprint density at radius 2 is 1.77 bits per heavy atom. The molecule has 2 aliphatic carbocycles. The third-order valence-electron chi connectivity index (χ3n) is 3.79. The Morgan fingerprint density at radius 3 is 2.23 bits per heavy atom. The second-order valence-electron chi connectivity index (χ2n) is 5.45. The molecule has 2 rings (SSSR count). The molecule has 1 atom stereocenters. The van der Waals surface area contributed by atoms with Gasteiger partial charge in [0.15, 0.2) is 0 Å². The summed E-state index contributed by atoms with van der Waals surface area (Å²) in [5, 5.41) is 0. The normalized spacial score (nSPS) is 35.3. The molecular formula is C11H18F2. The zero-order chi connectivity index (χ0) is 9.69. The Bertz CT molecular complexity index is 198. The molecule has 2 fully saturated rings. The maximum Gasteiger partial charge on any atom is 0.249 e. The van der Waals surface area contributed by atoms with Crippen molar-refractivity contribution < 1.29 is 8.78 Å². The van der Waals surface area contributed by atoms with Crippen molar-refractivity contribution in [1.82, 2.24) is 0 Å². The van der Waals surface area contributed by atoms with Crippen LogP contribution in [0.15, 0.2) is 0 Å². The average molecular weight is 188 g/mol. The molecule has 0 heterocycles. The number of rotatable bonds is 1. The lowest BCUT2D eigenvalue weighted by Gasteiger charge is -2.37. The van der Waals surface area contributed by atoms with Crippen LogP contribution in [0.4, 0.5) is 8.78 Å². The summed E-state index contributed by atoms with van der Waals surface area (Å²) in [4.78, 5) is 0. The Kier molecular flexibility index (Phi) is 1.94. The first kappa shape index (κ1) is 9.42. The first-order chi connectivity index (χ1) is 5.93. The van der Waals surface area contributed by atoms with E-state index in [1.54, 1.807) is 0 Å². The van der Waals surface area contributed by atoms with Crippen LogP contribution in [0.3, 0.4) is 0 Å². The van der Waals surface area contributed by atoms with Gasteiger partial charge in [-0.3, -0.25) is 0 Å². The molecule has 2 saturated carbocycles. The van der Waals surface area contributed by atoms with E-state index in [9.17, 15) is 8.78 Å². The molecule has 0 bridgehead atoms. The SMILES string of the molecule is CC(C)[C@H]1CC(F)(F)CC2(CC2)C1. The summed E-state index contributed by atoms with van der Waals surface area (Å²) >= 11 is 0. The minimum absolute atomic E-state index is 0.0662. The van der Waals surface area contributed by atoms with E-state index in [0.717, 1.165) is 19.3 Å². The first-order valence-electron chi connectivity index (χ1n) is 5.30. The summed E-state index contributed by atoms with van der Waals surface area (Å²) in [5.74, 6) is -1.70. The van der Waals surface area contributed by atoms with Gasteiger partial charge in [0.05, 0.1) is 0 Å². The number of halogens is 2. The molecule has 0 N–H and O–H groups in total. The molecule has 0 nitrogen and oxygen atoms in total. The van der Waals surface area contributed by atoms with Gasteiger partial charge in [-0.2, -0.15) is 0 Å². The first-order valence-corrected chi connectivity index (χ1v) is 5.30. The molecule has 0 aliphatic heterocycles. The summed E-state index contributed by atoms with van der Waals surface area (Å²) in [5.41, 5.74) is 0.0662. The van der Waals surface area contributed by atoms with Gasteiger partial charge >= 0.3 is 0 Å². The lowest BCUT2D eigenvalue weighted by molar-refractivity contribution is -0.0857. The van der Waals surface area contributed by atoms with Gasteiger partial charge in [-0.25, -0.2) is 8.78 Å². The smallest absolute Gasteiger partial charge is 0.207 e. The molecule has 13 heavy (non-hydrogen) atoms. The van der Waals surface area contributed by atoms with Crippen molar-refractivity contribution in [1.29, 1.82) is 0 Å². The highest BCUT2D eigenvalue weighted by molar-refractivity contribution is 5.02. The number of hydrogen-bond acceptors (Lipinski definition) is 0. The van der Waals surface area contributed by atoms with Gasteiger partial charge in [-0.05, 0) is 36.5 Å². The predicted molar refractivity (Wildman–Crippen MR) is 48.8 cm³/mol. The van der Waals surface area contributed by atoms with Gasteiger partial charge < -0.3 is 0 Å². The molecule has 2 heteroatoms. The zero-order valence-corrected chi connectivity index (χ0v) is 8.45. The zero-order valence-electron chi connectivity index (χ0n) is 8.45. The van der Waals surface area contributed by atoms with Crippen molar-refractivity contribution in [3.8, 4) is 0 Å². The highest BCUT2D eigenvalue weighted by Crippen LogP contribution is 2.62. The van der Waals surface area contributed by atoms with Crippen molar-refractivity contribution >= 4 is 0 Å². The predicted octanol–water partition coefficient (Wildman–Crippen LogP) is 3.86. The second-order valence-corrected chi connectivity index (χ2v) is 5.45. The van der Waals surface area contributed by atoms with Crippen LogP contribution in [0.1, 0.15) is 46.0 Å². The molecule has 0 radical (unpaired) electrons. The fourth-order valence-electron chi connectivity index (χ4n) is 2.73. The maximum atomic E-state index is 13.4. The fraction of sp³-hybridized carbons (Fsp3) is 1.00. The van der Waals surface area contributed by atoms with Gasteiger partial charge in [0.2, 0.25) is 5.92 Å². The van der Waals surface area contributed by atoms with E-state index < -0.39 is 5.92 Å². The summed E-state index contributed by atoms with van der Waals surface area (Å²) < 4.78 is 26.7. The molecule has 0 aromatic carbocycles. The lowest BCUT2D eigenvalue weighted by Crippen LogP contribution is -2.34. The molecule has 0 aromatic heterocycles. The van der Waals surface area contributed by atoms with Crippen LogP contribution in [0.5, 0.6) is 0 Å². The van der Waals surface area contributed by atoms with E-state index >= 15 is 0 Å². The van der Waals surface area contributed by atoms with Gasteiger partial charge in [-0.1, -0.05) is 13.8 Å². The summed E-state index contributed by atoms with van der Waals surface area (Å²) in [6.07, 6.45) is 3.45. The largest absolute Gasteiger partial charge is 0.249 e. The van der Waals surface area contributed by atoms with Crippen molar-refractivity contribution in [2.75, 3.05) is 0 Å². The van der Waals surface area contributed by atoms with Crippen LogP contribution < -0.4 is 0 Å². The minimum Gasteiger partial charge on any atom is -0.207 e. The van der Waals surface area contributed by atoms with Crippen LogP contribution >= 0.6 is 0 Å². The van der Waals surface area contributed by atoms with Crippen molar-refractivity contribution in [3.05, 3.63) is 0 Å². The van der Waals surface area contributed by atoms with Crippen molar-refractivity contribution in [3.63, 3.8) is 0 Å². The molecule has 2 aliphatic rings. The van der Waals surface area contributed by atoms with Gasteiger partial charge in [0.25, 0.3) is 0 Å². The molecular weight excluding hydrogens is 170 g/mol. The van der Waals surface area contributed by atoms with Crippen LogP contribution in [-0.2, 0) is 0 Å². The van der Waals surface area contributed by atoms with Crippen LogP contribution in [0.2, 0.25) is 0 Å². The standard InChI is InChI=1S/C11H18F2/c1-8(2)9-5-10(3-4-10)7-11(12,13)6-9/h8-9H,3-7H2,1-2H3/t9-/m1/s1. The molecule has 76 valence electrons. The fourth-order valence-corrected chi connectivity index (χ4v) is 2.73. The topological polar surface area (TPSA) is 0 Å². The number of alkyl halides is 2. The Hall–Kier alpha value is -0.140.